The summed E-state index contributed by atoms with van der Waals surface area (Å²) < 4.78 is 0. The predicted octanol–water partition coefficient (Wildman–Crippen LogP) is 4.81. The minimum Gasteiger partial charge on any atom is -0.0853 e. The molecular formula is C15H26. The highest BCUT2D eigenvalue weighted by Gasteiger charge is 2.48. The fourth-order valence-electron chi connectivity index (χ4n) is 3.76. The van der Waals surface area contributed by atoms with Crippen LogP contribution in [0, 0.1) is 23.2 Å². The van der Waals surface area contributed by atoms with Crippen LogP contribution in [0.3, 0.4) is 0 Å². The third-order valence-corrected chi connectivity index (χ3v) is 4.96. The summed E-state index contributed by atoms with van der Waals surface area (Å²) in [6, 6.07) is 0. The van der Waals surface area contributed by atoms with E-state index in [2.05, 4.69) is 33.8 Å². The first-order chi connectivity index (χ1) is 7.00. The van der Waals surface area contributed by atoms with Crippen LogP contribution < -0.4 is 0 Å². The van der Waals surface area contributed by atoms with Crippen LogP contribution >= 0.6 is 0 Å². The maximum atomic E-state index is 2.52. The van der Waals surface area contributed by atoms with E-state index in [0.29, 0.717) is 5.41 Å². The molecule has 3 atom stereocenters. The molecule has 0 amide bonds. The molecule has 0 radical (unpaired) electrons. The van der Waals surface area contributed by atoms with E-state index >= 15 is 0 Å². The Balaban J connectivity index is 2.11. The summed E-state index contributed by atoms with van der Waals surface area (Å²) in [5.41, 5.74) is 2.24. The van der Waals surface area contributed by atoms with Gasteiger partial charge < -0.3 is 0 Å². The van der Waals surface area contributed by atoms with Crippen LogP contribution in [0.25, 0.3) is 0 Å². The van der Waals surface area contributed by atoms with Gasteiger partial charge in [0.15, 0.2) is 0 Å². The van der Waals surface area contributed by atoms with Crippen molar-refractivity contribution in [2.75, 3.05) is 0 Å². The molecule has 0 aliphatic heterocycles. The van der Waals surface area contributed by atoms with E-state index in [4.69, 9.17) is 0 Å². The standard InChI is InChI=1S/C15H26/c1-11-6-5-7-12(2)13-10-15(3,4)14(13)9-8-11/h8,12-14H,5-7,9-10H2,1-4H3. The number of rotatable bonds is 0. The Morgan fingerprint density at radius 3 is 2.73 bits per heavy atom. The van der Waals surface area contributed by atoms with Crippen LogP contribution in [0.5, 0.6) is 0 Å². The summed E-state index contributed by atoms with van der Waals surface area (Å²) >= 11 is 0. The molecule has 0 N–H and O–H groups in total. The summed E-state index contributed by atoms with van der Waals surface area (Å²) in [7, 11) is 0. The summed E-state index contributed by atoms with van der Waals surface area (Å²) in [6.45, 7) is 9.72. The molecule has 0 heteroatoms. The van der Waals surface area contributed by atoms with Gasteiger partial charge in [0.2, 0.25) is 0 Å². The number of hydrogen-bond donors (Lipinski definition) is 0. The van der Waals surface area contributed by atoms with Crippen molar-refractivity contribution in [1.29, 1.82) is 0 Å². The monoisotopic (exact) mass is 206 g/mol. The highest BCUT2D eigenvalue weighted by molar-refractivity contribution is 5.06. The molecule has 2 aliphatic carbocycles. The molecule has 86 valence electrons. The van der Waals surface area contributed by atoms with E-state index in [9.17, 15) is 0 Å². The lowest BCUT2D eigenvalue weighted by molar-refractivity contribution is -0.0420. The molecule has 0 aromatic carbocycles. The SMILES string of the molecule is CC1=CCC2C(CC2(C)C)C(C)CCC1. The van der Waals surface area contributed by atoms with Gasteiger partial charge >= 0.3 is 0 Å². The molecule has 3 unspecified atom stereocenters. The molecular weight excluding hydrogens is 180 g/mol. The summed E-state index contributed by atoms with van der Waals surface area (Å²) in [5.74, 6) is 2.94. The second-order valence-electron chi connectivity index (χ2n) is 6.62. The Bertz CT molecular complexity index is 259. The Kier molecular flexibility index (Phi) is 2.96. The van der Waals surface area contributed by atoms with E-state index in [-0.39, 0.29) is 0 Å². The van der Waals surface area contributed by atoms with Gasteiger partial charge in [-0.3, -0.25) is 0 Å². The molecule has 2 rings (SSSR count). The van der Waals surface area contributed by atoms with E-state index in [0.717, 1.165) is 17.8 Å². The fourth-order valence-corrected chi connectivity index (χ4v) is 3.76. The molecule has 1 saturated carbocycles. The molecule has 0 heterocycles. The number of hydrogen-bond acceptors (Lipinski definition) is 0. The lowest BCUT2D eigenvalue weighted by atomic mass is 9.51. The molecule has 0 nitrogen and oxygen atoms in total. The van der Waals surface area contributed by atoms with Crippen LogP contribution in [-0.2, 0) is 0 Å². The zero-order valence-corrected chi connectivity index (χ0v) is 10.8. The average molecular weight is 206 g/mol. The van der Waals surface area contributed by atoms with Crippen LogP contribution in [-0.4, -0.2) is 0 Å². The largest absolute Gasteiger partial charge is 0.0853 e. The third-order valence-electron chi connectivity index (χ3n) is 4.96. The Hall–Kier alpha value is -0.260. The Morgan fingerprint density at radius 2 is 2.07 bits per heavy atom. The minimum absolute atomic E-state index is 0.611. The Morgan fingerprint density at radius 1 is 1.33 bits per heavy atom. The van der Waals surface area contributed by atoms with Gasteiger partial charge in [-0.2, -0.15) is 0 Å². The zero-order valence-electron chi connectivity index (χ0n) is 10.8. The average Bonchev–Trinajstić information content (AvgIpc) is 2.18. The Labute approximate surface area is 95.1 Å². The highest BCUT2D eigenvalue weighted by Crippen LogP contribution is 2.56. The second-order valence-corrected chi connectivity index (χ2v) is 6.62. The highest BCUT2D eigenvalue weighted by atomic mass is 14.5. The smallest absolute Gasteiger partial charge is 0.0297 e. The normalized spacial score (nSPS) is 40.3. The second kappa shape index (κ2) is 3.96. The van der Waals surface area contributed by atoms with Gasteiger partial charge in [-0.05, 0) is 55.8 Å². The summed E-state index contributed by atoms with van der Waals surface area (Å²) in [5, 5.41) is 0. The summed E-state index contributed by atoms with van der Waals surface area (Å²) in [6.07, 6.45) is 9.52. The number of allylic oxidation sites excluding steroid dienone is 2. The quantitative estimate of drug-likeness (QED) is 0.499. The van der Waals surface area contributed by atoms with Gasteiger partial charge in [0.25, 0.3) is 0 Å². The predicted molar refractivity (Wildman–Crippen MR) is 66.8 cm³/mol. The molecule has 0 aromatic heterocycles. The van der Waals surface area contributed by atoms with Crippen molar-refractivity contribution >= 4 is 0 Å². The van der Waals surface area contributed by atoms with Crippen molar-refractivity contribution in [3.63, 3.8) is 0 Å². The molecule has 2 aliphatic rings. The van der Waals surface area contributed by atoms with Crippen molar-refractivity contribution in [2.45, 2.75) is 59.8 Å². The lowest BCUT2D eigenvalue weighted by Crippen LogP contribution is -2.46. The number of fused-ring (bicyclic) bond motifs is 1. The molecule has 0 aromatic rings. The van der Waals surface area contributed by atoms with E-state index in [1.54, 1.807) is 5.57 Å². The molecule has 1 fully saturated rings. The van der Waals surface area contributed by atoms with Crippen LogP contribution in [0.15, 0.2) is 11.6 Å². The van der Waals surface area contributed by atoms with Gasteiger partial charge in [0.1, 0.15) is 0 Å². The van der Waals surface area contributed by atoms with Crippen LogP contribution in [0.1, 0.15) is 59.8 Å². The summed E-state index contributed by atoms with van der Waals surface area (Å²) in [4.78, 5) is 0. The first kappa shape index (κ1) is 11.2. The first-order valence-corrected chi connectivity index (χ1v) is 6.66. The maximum absolute atomic E-state index is 2.52. The van der Waals surface area contributed by atoms with Crippen molar-refractivity contribution in [3.8, 4) is 0 Å². The third kappa shape index (κ3) is 2.14. The van der Waals surface area contributed by atoms with Crippen molar-refractivity contribution < 1.29 is 0 Å². The fraction of sp³-hybridized carbons (Fsp3) is 0.867. The first-order valence-electron chi connectivity index (χ1n) is 6.66. The van der Waals surface area contributed by atoms with Crippen LogP contribution in [0.2, 0.25) is 0 Å². The van der Waals surface area contributed by atoms with Crippen molar-refractivity contribution in [3.05, 3.63) is 11.6 Å². The van der Waals surface area contributed by atoms with Crippen molar-refractivity contribution in [1.82, 2.24) is 0 Å². The van der Waals surface area contributed by atoms with E-state index in [1.165, 1.54) is 32.1 Å². The van der Waals surface area contributed by atoms with Crippen molar-refractivity contribution in [2.24, 2.45) is 23.2 Å². The molecule has 0 spiro atoms. The van der Waals surface area contributed by atoms with Gasteiger partial charge in [0, 0.05) is 0 Å². The van der Waals surface area contributed by atoms with Gasteiger partial charge in [-0.15, -0.1) is 0 Å². The maximum Gasteiger partial charge on any atom is -0.0297 e. The van der Waals surface area contributed by atoms with Gasteiger partial charge in [0.05, 0.1) is 0 Å². The van der Waals surface area contributed by atoms with E-state index in [1.807, 2.05) is 0 Å². The molecule has 0 saturated heterocycles. The van der Waals surface area contributed by atoms with Gasteiger partial charge in [-0.25, -0.2) is 0 Å². The minimum atomic E-state index is 0.611. The van der Waals surface area contributed by atoms with Gasteiger partial charge in [-0.1, -0.05) is 38.8 Å². The lowest BCUT2D eigenvalue weighted by Gasteiger charge is -2.54. The van der Waals surface area contributed by atoms with E-state index < -0.39 is 0 Å². The zero-order chi connectivity index (χ0) is 11.1. The molecule has 15 heavy (non-hydrogen) atoms. The van der Waals surface area contributed by atoms with Crippen LogP contribution in [0.4, 0.5) is 0 Å². The molecule has 0 bridgehead atoms. The topological polar surface area (TPSA) is 0 Å².